The topological polar surface area (TPSA) is 51.5 Å². The van der Waals surface area contributed by atoms with Crippen LogP contribution in [0.2, 0.25) is 0 Å². The van der Waals surface area contributed by atoms with Gasteiger partial charge in [0, 0.05) is 11.3 Å². The summed E-state index contributed by atoms with van der Waals surface area (Å²) in [5.41, 5.74) is 3.66. The van der Waals surface area contributed by atoms with E-state index in [1.807, 2.05) is 39.0 Å². The minimum atomic E-state index is -0.332. The van der Waals surface area contributed by atoms with Gasteiger partial charge in [0.2, 0.25) is 0 Å². The van der Waals surface area contributed by atoms with Crippen molar-refractivity contribution in [3.63, 3.8) is 0 Å². The van der Waals surface area contributed by atoms with E-state index in [1.54, 1.807) is 6.07 Å². The lowest BCUT2D eigenvalue weighted by Gasteiger charge is -2.17. The Morgan fingerprint density at radius 3 is 2.52 bits per heavy atom. The SMILES string of the molecule is COC(=O)c1ccc(C)c(NC(C)c2cc(C)oc2C)c1. The van der Waals surface area contributed by atoms with E-state index in [1.165, 1.54) is 7.11 Å². The van der Waals surface area contributed by atoms with E-state index in [0.29, 0.717) is 5.56 Å². The number of hydrogen-bond acceptors (Lipinski definition) is 4. The van der Waals surface area contributed by atoms with Crippen LogP contribution in [0.5, 0.6) is 0 Å². The molecule has 0 aliphatic heterocycles. The molecule has 1 N–H and O–H groups in total. The molecule has 0 saturated heterocycles. The highest BCUT2D eigenvalue weighted by molar-refractivity contribution is 5.90. The Balaban J connectivity index is 2.26. The van der Waals surface area contributed by atoms with Gasteiger partial charge in [-0.05, 0) is 51.5 Å². The average molecular weight is 287 g/mol. The second-order valence-corrected chi connectivity index (χ2v) is 5.26. The number of esters is 1. The zero-order chi connectivity index (χ0) is 15.6. The standard InChI is InChI=1S/C17H21NO3/c1-10-6-7-14(17(19)20-5)9-16(10)18-12(3)15-8-11(2)21-13(15)4/h6-9,12,18H,1-5H3. The van der Waals surface area contributed by atoms with E-state index >= 15 is 0 Å². The summed E-state index contributed by atoms with van der Waals surface area (Å²) in [6.07, 6.45) is 0. The van der Waals surface area contributed by atoms with Crippen LogP contribution in [0.4, 0.5) is 5.69 Å². The van der Waals surface area contributed by atoms with E-state index in [0.717, 1.165) is 28.3 Å². The van der Waals surface area contributed by atoms with Crippen LogP contribution < -0.4 is 5.32 Å². The summed E-state index contributed by atoms with van der Waals surface area (Å²) in [7, 11) is 1.38. The summed E-state index contributed by atoms with van der Waals surface area (Å²) in [6, 6.07) is 7.62. The number of rotatable bonds is 4. The Morgan fingerprint density at radius 2 is 1.95 bits per heavy atom. The number of ether oxygens (including phenoxy) is 1. The Labute approximate surface area is 125 Å². The molecule has 1 aromatic heterocycles. The van der Waals surface area contributed by atoms with Gasteiger partial charge in [0.25, 0.3) is 0 Å². The van der Waals surface area contributed by atoms with Gasteiger partial charge in [0.1, 0.15) is 11.5 Å². The van der Waals surface area contributed by atoms with Crippen molar-refractivity contribution in [2.24, 2.45) is 0 Å². The van der Waals surface area contributed by atoms with Gasteiger partial charge in [0.05, 0.1) is 18.7 Å². The normalized spacial score (nSPS) is 12.0. The highest BCUT2D eigenvalue weighted by Crippen LogP contribution is 2.27. The first-order chi connectivity index (χ1) is 9.92. The zero-order valence-corrected chi connectivity index (χ0v) is 13.1. The van der Waals surface area contributed by atoms with E-state index in [2.05, 4.69) is 12.2 Å². The Morgan fingerprint density at radius 1 is 1.24 bits per heavy atom. The lowest BCUT2D eigenvalue weighted by atomic mass is 10.1. The van der Waals surface area contributed by atoms with Gasteiger partial charge in [-0.15, -0.1) is 0 Å². The van der Waals surface area contributed by atoms with E-state index in [9.17, 15) is 4.79 Å². The monoisotopic (exact) mass is 287 g/mol. The summed E-state index contributed by atoms with van der Waals surface area (Å²) >= 11 is 0. The molecule has 1 atom stereocenters. The summed E-state index contributed by atoms with van der Waals surface area (Å²) in [5.74, 6) is 1.48. The number of benzene rings is 1. The summed E-state index contributed by atoms with van der Waals surface area (Å²) in [5, 5.41) is 3.43. The third kappa shape index (κ3) is 3.27. The van der Waals surface area contributed by atoms with E-state index < -0.39 is 0 Å². The minimum absolute atomic E-state index is 0.0917. The quantitative estimate of drug-likeness (QED) is 0.858. The Hall–Kier alpha value is -2.23. The molecule has 0 aliphatic carbocycles. The van der Waals surface area contributed by atoms with Gasteiger partial charge in [-0.25, -0.2) is 4.79 Å². The van der Waals surface area contributed by atoms with Crippen molar-refractivity contribution in [2.45, 2.75) is 33.7 Å². The molecule has 4 nitrogen and oxygen atoms in total. The molecule has 1 unspecified atom stereocenters. The fourth-order valence-corrected chi connectivity index (χ4v) is 2.41. The van der Waals surface area contributed by atoms with Crippen molar-refractivity contribution in [1.82, 2.24) is 0 Å². The molecule has 2 aromatic rings. The molecular weight excluding hydrogens is 266 g/mol. The number of carbonyl (C=O) groups excluding carboxylic acids is 1. The molecule has 21 heavy (non-hydrogen) atoms. The molecule has 4 heteroatoms. The van der Waals surface area contributed by atoms with Crippen LogP contribution in [0.15, 0.2) is 28.7 Å². The van der Waals surface area contributed by atoms with Crippen molar-refractivity contribution in [3.05, 3.63) is 52.5 Å². The fourth-order valence-electron chi connectivity index (χ4n) is 2.41. The minimum Gasteiger partial charge on any atom is -0.466 e. The predicted octanol–water partition coefficient (Wildman–Crippen LogP) is 4.16. The molecule has 1 heterocycles. The van der Waals surface area contributed by atoms with Gasteiger partial charge in [0.15, 0.2) is 0 Å². The number of carbonyl (C=O) groups is 1. The zero-order valence-electron chi connectivity index (χ0n) is 13.1. The average Bonchev–Trinajstić information content (AvgIpc) is 2.79. The summed E-state index contributed by atoms with van der Waals surface area (Å²) < 4.78 is 10.3. The van der Waals surface area contributed by atoms with Gasteiger partial charge >= 0.3 is 5.97 Å². The van der Waals surface area contributed by atoms with Crippen molar-refractivity contribution in [3.8, 4) is 0 Å². The van der Waals surface area contributed by atoms with E-state index in [4.69, 9.17) is 9.15 Å². The smallest absolute Gasteiger partial charge is 0.337 e. The van der Waals surface area contributed by atoms with Crippen LogP contribution in [0, 0.1) is 20.8 Å². The maximum absolute atomic E-state index is 11.6. The fraction of sp³-hybridized carbons (Fsp3) is 0.353. The number of nitrogens with one attached hydrogen (secondary N) is 1. The Kier molecular flexibility index (Phi) is 4.36. The van der Waals surface area contributed by atoms with Crippen LogP contribution >= 0.6 is 0 Å². The number of aryl methyl sites for hydroxylation is 3. The summed E-state index contributed by atoms with van der Waals surface area (Å²) in [4.78, 5) is 11.6. The molecule has 0 radical (unpaired) electrons. The van der Waals surface area contributed by atoms with Gasteiger partial charge in [-0.3, -0.25) is 0 Å². The van der Waals surface area contributed by atoms with Gasteiger partial charge in [-0.2, -0.15) is 0 Å². The molecule has 0 spiro atoms. The maximum atomic E-state index is 11.6. The maximum Gasteiger partial charge on any atom is 0.337 e. The van der Waals surface area contributed by atoms with Crippen LogP contribution in [0.25, 0.3) is 0 Å². The molecule has 0 amide bonds. The molecule has 2 rings (SSSR count). The van der Waals surface area contributed by atoms with Crippen LogP contribution in [0.1, 0.15) is 46.0 Å². The molecule has 112 valence electrons. The highest BCUT2D eigenvalue weighted by atomic mass is 16.5. The molecular formula is C17H21NO3. The number of hydrogen-bond donors (Lipinski definition) is 1. The highest BCUT2D eigenvalue weighted by Gasteiger charge is 2.14. The summed E-state index contributed by atoms with van der Waals surface area (Å²) in [6.45, 7) is 7.97. The second kappa shape index (κ2) is 6.04. The van der Waals surface area contributed by atoms with E-state index in [-0.39, 0.29) is 12.0 Å². The first kappa shape index (κ1) is 15.2. The van der Waals surface area contributed by atoms with Crippen molar-refractivity contribution in [1.29, 1.82) is 0 Å². The third-order valence-corrected chi connectivity index (χ3v) is 3.58. The van der Waals surface area contributed by atoms with Crippen molar-refractivity contribution >= 4 is 11.7 Å². The Bertz CT molecular complexity index is 658. The third-order valence-electron chi connectivity index (χ3n) is 3.58. The molecule has 0 saturated carbocycles. The lowest BCUT2D eigenvalue weighted by Crippen LogP contribution is -2.09. The van der Waals surface area contributed by atoms with Gasteiger partial charge in [-0.1, -0.05) is 6.07 Å². The predicted molar refractivity (Wildman–Crippen MR) is 82.7 cm³/mol. The number of anilines is 1. The molecule has 0 bridgehead atoms. The van der Waals surface area contributed by atoms with Crippen LogP contribution in [-0.2, 0) is 4.74 Å². The lowest BCUT2D eigenvalue weighted by molar-refractivity contribution is 0.0601. The number of furan rings is 1. The first-order valence-electron chi connectivity index (χ1n) is 6.94. The van der Waals surface area contributed by atoms with Crippen molar-refractivity contribution in [2.75, 3.05) is 12.4 Å². The van der Waals surface area contributed by atoms with Gasteiger partial charge < -0.3 is 14.5 Å². The molecule has 1 aromatic carbocycles. The number of methoxy groups -OCH3 is 1. The van der Waals surface area contributed by atoms with Crippen LogP contribution in [0.3, 0.4) is 0 Å². The molecule has 0 fully saturated rings. The largest absolute Gasteiger partial charge is 0.466 e. The first-order valence-corrected chi connectivity index (χ1v) is 6.94. The van der Waals surface area contributed by atoms with Crippen LogP contribution in [-0.4, -0.2) is 13.1 Å². The van der Waals surface area contributed by atoms with Crippen molar-refractivity contribution < 1.29 is 13.9 Å². The second-order valence-electron chi connectivity index (χ2n) is 5.26. The molecule has 0 aliphatic rings.